The topological polar surface area (TPSA) is 53.5 Å². The molecule has 6 nitrogen and oxygen atoms in total. The molecule has 3 heterocycles. The van der Waals surface area contributed by atoms with Gasteiger partial charge in [0, 0.05) is 16.7 Å². The van der Waals surface area contributed by atoms with Gasteiger partial charge in [-0.2, -0.15) is 0 Å². The normalized spacial score (nSPS) is 11.6. The van der Waals surface area contributed by atoms with Crippen molar-refractivity contribution in [2.45, 2.75) is 62.3 Å². The molecule has 1 radical (unpaired) electrons. The first kappa shape index (κ1) is 28.5. The average Bonchev–Trinajstić information content (AvgIpc) is 3.66. The summed E-state index contributed by atoms with van der Waals surface area (Å²) >= 11 is 0. The van der Waals surface area contributed by atoms with Crippen LogP contribution in [-0.4, -0.2) is 36.2 Å². The van der Waals surface area contributed by atoms with Crippen LogP contribution in [0.3, 0.4) is 0 Å². The van der Waals surface area contributed by atoms with Crippen LogP contribution in [0.15, 0.2) is 73.2 Å². The summed E-state index contributed by atoms with van der Waals surface area (Å²) in [5.41, 5.74) is 17.4. The Hall–Kier alpha value is -4.65. The number of nitrogens with zero attached hydrogens (tertiary/aromatic N) is 6. The van der Waals surface area contributed by atoms with Crippen LogP contribution >= 0.6 is 0 Å². The third-order valence-corrected chi connectivity index (χ3v) is 8.33. The minimum absolute atomic E-state index is 0.431. The van der Waals surface area contributed by atoms with Crippen LogP contribution in [0.25, 0.3) is 33.8 Å². The monoisotopic (exact) mass is 566 g/mol. The van der Waals surface area contributed by atoms with E-state index in [0.717, 1.165) is 17.1 Å². The Morgan fingerprint density at radius 3 is 0.860 bits per heavy atom. The third-order valence-electron chi connectivity index (χ3n) is 8.33. The molecule has 0 aliphatic carbocycles. The van der Waals surface area contributed by atoms with E-state index in [1.54, 1.807) is 0 Å². The summed E-state index contributed by atoms with van der Waals surface area (Å²) in [5, 5.41) is 15.4. The molecule has 3 aromatic carbocycles. The molecule has 0 saturated heterocycles. The van der Waals surface area contributed by atoms with E-state index in [1.807, 2.05) is 32.4 Å². The maximum atomic E-state index is 5.14. The highest BCUT2D eigenvalue weighted by molar-refractivity contribution is 6.52. The summed E-state index contributed by atoms with van der Waals surface area (Å²) in [4.78, 5) is 0. The molecule has 0 spiro atoms. The van der Waals surface area contributed by atoms with Crippen LogP contribution in [0.4, 0.5) is 0 Å². The van der Waals surface area contributed by atoms with Crippen LogP contribution in [-0.2, 0) is 0 Å². The quantitative estimate of drug-likeness (QED) is 0.192. The maximum Gasteiger partial charge on any atom is 0.260 e. The van der Waals surface area contributed by atoms with E-state index in [9.17, 15) is 0 Å². The van der Waals surface area contributed by atoms with Crippen molar-refractivity contribution in [1.82, 2.24) is 29.1 Å². The summed E-state index contributed by atoms with van der Waals surface area (Å²) in [6.07, 6.45) is 6.10. The fourth-order valence-corrected chi connectivity index (χ4v) is 6.92. The molecule has 6 rings (SSSR count). The lowest BCUT2D eigenvalue weighted by atomic mass is 9.96. The summed E-state index contributed by atoms with van der Waals surface area (Å²) < 4.78 is 5.89. The molecular weight excluding hydrogens is 527 g/mol. The van der Waals surface area contributed by atoms with E-state index < -0.39 is 7.12 Å². The average molecular weight is 567 g/mol. The molecule has 0 unspecified atom stereocenters. The lowest BCUT2D eigenvalue weighted by molar-refractivity contribution is 0.774. The summed E-state index contributed by atoms with van der Waals surface area (Å²) in [6.45, 7) is 19.4. The zero-order valence-electron chi connectivity index (χ0n) is 26.7. The van der Waals surface area contributed by atoms with Gasteiger partial charge < -0.3 is 13.8 Å². The number of aromatic nitrogens is 6. The Kier molecular flexibility index (Phi) is 7.21. The molecule has 6 aromatic rings. The van der Waals surface area contributed by atoms with E-state index in [1.165, 1.54) is 66.8 Å². The lowest BCUT2D eigenvalue weighted by Crippen LogP contribution is -2.43. The van der Waals surface area contributed by atoms with Gasteiger partial charge in [-0.1, -0.05) is 53.1 Å². The van der Waals surface area contributed by atoms with Crippen molar-refractivity contribution in [2.24, 2.45) is 0 Å². The van der Waals surface area contributed by atoms with Gasteiger partial charge >= 0.3 is 0 Å². The molecule has 7 heteroatoms. The number of hydrogen-bond donors (Lipinski definition) is 0. The van der Waals surface area contributed by atoms with E-state index in [4.69, 9.17) is 15.3 Å². The van der Waals surface area contributed by atoms with Crippen molar-refractivity contribution in [3.63, 3.8) is 0 Å². The lowest BCUT2D eigenvalue weighted by Gasteiger charge is -2.29. The molecule has 0 aliphatic heterocycles. The number of benzene rings is 3. The predicted molar refractivity (Wildman–Crippen MR) is 178 cm³/mol. The molecule has 0 aliphatic rings. The summed E-state index contributed by atoms with van der Waals surface area (Å²) in [6, 6.07) is 19.6. The highest BCUT2D eigenvalue weighted by Gasteiger charge is 2.18. The molecule has 217 valence electrons. The SMILES string of the molecule is Cc1cc(C)c(-c2ccn([B-](n3ccc(-c4c(C)cc(C)cc4C)n3)n3ccc(-c4c(C)cc(C)cc4C)n3)n2)c(C)c1. The number of hydrogen-bond acceptors (Lipinski definition) is 3. The highest BCUT2D eigenvalue weighted by atomic mass is 15.4. The fourth-order valence-electron chi connectivity index (χ4n) is 6.92. The Morgan fingerprint density at radius 2 is 0.628 bits per heavy atom. The van der Waals surface area contributed by atoms with Crippen molar-refractivity contribution < 1.29 is 0 Å². The van der Waals surface area contributed by atoms with E-state index in [2.05, 4.69) is 117 Å². The molecular formula is C36H39BN6-. The largest absolute Gasteiger partial charge is 0.424 e. The van der Waals surface area contributed by atoms with Crippen molar-refractivity contribution in [1.29, 1.82) is 0 Å². The molecule has 43 heavy (non-hydrogen) atoms. The number of aryl methyl sites for hydroxylation is 9. The molecule has 0 fully saturated rings. The second-order valence-electron chi connectivity index (χ2n) is 12.2. The molecule has 0 bridgehead atoms. The molecule has 0 N–H and O–H groups in total. The van der Waals surface area contributed by atoms with E-state index >= 15 is 0 Å². The van der Waals surface area contributed by atoms with Gasteiger partial charge in [0.15, 0.2) is 0 Å². The van der Waals surface area contributed by atoms with Crippen molar-refractivity contribution >= 4 is 7.12 Å². The van der Waals surface area contributed by atoms with Crippen molar-refractivity contribution in [3.05, 3.63) is 123 Å². The van der Waals surface area contributed by atoms with Crippen LogP contribution in [0.5, 0.6) is 0 Å². The maximum absolute atomic E-state index is 5.14. The summed E-state index contributed by atoms with van der Waals surface area (Å²) in [7, 11) is -0.431. The third kappa shape index (κ3) is 5.24. The van der Waals surface area contributed by atoms with Gasteiger partial charge in [-0.15, -0.1) is 0 Å². The second kappa shape index (κ2) is 10.9. The molecule has 3 aromatic heterocycles. The van der Waals surface area contributed by atoms with Gasteiger partial charge in [0.25, 0.3) is 7.12 Å². The van der Waals surface area contributed by atoms with E-state index in [0.29, 0.717) is 0 Å². The van der Waals surface area contributed by atoms with Crippen molar-refractivity contribution in [3.8, 4) is 33.8 Å². The number of rotatable bonds is 6. The van der Waals surface area contributed by atoms with Gasteiger partial charge in [-0.25, -0.2) is 15.3 Å². The smallest absolute Gasteiger partial charge is 0.260 e. The van der Waals surface area contributed by atoms with Gasteiger partial charge in [-0.3, -0.25) is 0 Å². The van der Waals surface area contributed by atoms with Gasteiger partial charge in [0.1, 0.15) is 0 Å². The molecule has 0 saturated carbocycles. The standard InChI is InChI=1S/C36H39BN6/c1-22-16-25(4)34(26(5)17-22)31-10-13-41(38-31)37(42-14-11-32(39-42)35-27(6)18-23(2)19-28(35)7)43-15-12-33(40-43)36-29(8)20-24(3)21-30(36)9/h10-21H,1-9H3/q-1. The van der Waals surface area contributed by atoms with Crippen LogP contribution in [0.2, 0.25) is 0 Å². The van der Waals surface area contributed by atoms with Crippen LogP contribution in [0, 0.1) is 62.3 Å². The highest BCUT2D eigenvalue weighted by Crippen LogP contribution is 2.30. The Balaban J connectivity index is 1.49. The minimum Gasteiger partial charge on any atom is -0.424 e. The molecule has 0 amide bonds. The second-order valence-corrected chi connectivity index (χ2v) is 12.2. The van der Waals surface area contributed by atoms with Gasteiger partial charge in [0.2, 0.25) is 0 Å². The Morgan fingerprint density at radius 1 is 0.395 bits per heavy atom. The minimum atomic E-state index is -0.431. The molecule has 0 atom stereocenters. The van der Waals surface area contributed by atoms with Crippen molar-refractivity contribution in [2.75, 3.05) is 0 Å². The zero-order valence-corrected chi connectivity index (χ0v) is 26.7. The Bertz CT molecular complexity index is 1690. The van der Waals surface area contributed by atoms with Gasteiger partial charge in [0.05, 0.1) is 17.1 Å². The summed E-state index contributed by atoms with van der Waals surface area (Å²) in [5.74, 6) is 0. The van der Waals surface area contributed by atoms with Crippen LogP contribution in [0.1, 0.15) is 50.1 Å². The first-order valence-corrected chi connectivity index (χ1v) is 14.9. The predicted octanol–water partition coefficient (Wildman–Crippen LogP) is 7.98. The van der Waals surface area contributed by atoms with Crippen LogP contribution < -0.4 is 0 Å². The zero-order chi connectivity index (χ0) is 30.6. The Labute approximate surface area is 255 Å². The fraction of sp³-hybridized carbons (Fsp3) is 0.250. The first-order chi connectivity index (χ1) is 20.5. The van der Waals surface area contributed by atoms with Gasteiger partial charge in [-0.05, 0) is 132 Å². The van der Waals surface area contributed by atoms with E-state index in [-0.39, 0.29) is 0 Å². The first-order valence-electron chi connectivity index (χ1n) is 14.9.